The van der Waals surface area contributed by atoms with Gasteiger partial charge in [-0.05, 0) is 56.5 Å². The van der Waals surface area contributed by atoms with Crippen molar-refractivity contribution in [2.75, 3.05) is 32.1 Å². The molecule has 160 valence electrons. The lowest BCUT2D eigenvalue weighted by atomic mass is 10.1. The van der Waals surface area contributed by atoms with Gasteiger partial charge in [0.25, 0.3) is 0 Å². The Labute approximate surface area is 177 Å². The summed E-state index contributed by atoms with van der Waals surface area (Å²) in [5.41, 5.74) is 4.84. The molecule has 2 aromatic rings. The lowest BCUT2D eigenvalue weighted by molar-refractivity contribution is -0.116. The van der Waals surface area contributed by atoms with Crippen molar-refractivity contribution in [1.82, 2.24) is 10.2 Å². The van der Waals surface area contributed by atoms with E-state index in [4.69, 9.17) is 9.47 Å². The molecule has 1 aliphatic heterocycles. The summed E-state index contributed by atoms with van der Waals surface area (Å²) < 4.78 is 11.1. The summed E-state index contributed by atoms with van der Waals surface area (Å²) in [5.74, 6) is 1.14. The fourth-order valence-corrected chi connectivity index (χ4v) is 3.55. The third-order valence-electron chi connectivity index (χ3n) is 5.08. The lowest BCUT2D eigenvalue weighted by Crippen LogP contribution is -2.42. The standard InChI is InChI=1S/C23H29N3O4/c1-14-10-15(2)22(16(3)11-14)25-21(27)13-26(5)23(28)24-17(4)18-6-7-19-20(12-18)30-9-8-29-19/h6-7,10-12,17H,8-9,13H2,1-5H3,(H,24,28)(H,25,27)/t17-/m0/s1. The van der Waals surface area contributed by atoms with E-state index in [1.54, 1.807) is 7.05 Å². The van der Waals surface area contributed by atoms with Crippen LogP contribution in [0.5, 0.6) is 11.5 Å². The largest absolute Gasteiger partial charge is 0.486 e. The molecule has 2 N–H and O–H groups in total. The van der Waals surface area contributed by atoms with Crippen LogP contribution in [-0.4, -0.2) is 43.6 Å². The Kier molecular flexibility index (Phi) is 6.50. The van der Waals surface area contributed by atoms with Crippen molar-refractivity contribution >= 4 is 17.6 Å². The Hall–Kier alpha value is -3.22. The molecule has 2 aromatic carbocycles. The molecule has 0 bridgehead atoms. The van der Waals surface area contributed by atoms with Crippen LogP contribution in [0.25, 0.3) is 0 Å². The minimum atomic E-state index is -0.329. The number of amides is 3. The molecule has 0 aromatic heterocycles. The summed E-state index contributed by atoms with van der Waals surface area (Å²) >= 11 is 0. The number of carbonyl (C=O) groups excluding carboxylic acids is 2. The fourth-order valence-electron chi connectivity index (χ4n) is 3.55. The molecule has 0 spiro atoms. The zero-order chi connectivity index (χ0) is 21.8. The van der Waals surface area contributed by atoms with Gasteiger partial charge in [-0.15, -0.1) is 0 Å². The van der Waals surface area contributed by atoms with Gasteiger partial charge in [0.15, 0.2) is 11.5 Å². The summed E-state index contributed by atoms with van der Waals surface area (Å²) in [6.45, 7) is 8.82. The molecule has 0 unspecified atom stereocenters. The van der Waals surface area contributed by atoms with Gasteiger partial charge in [0, 0.05) is 12.7 Å². The highest BCUT2D eigenvalue weighted by Gasteiger charge is 2.19. The van der Waals surface area contributed by atoms with Crippen LogP contribution in [-0.2, 0) is 4.79 Å². The lowest BCUT2D eigenvalue weighted by Gasteiger charge is -2.23. The number of likely N-dealkylation sites (N-methyl/N-ethyl adjacent to an activating group) is 1. The maximum atomic E-state index is 12.6. The molecular weight excluding hydrogens is 382 g/mol. The third-order valence-corrected chi connectivity index (χ3v) is 5.08. The summed E-state index contributed by atoms with van der Waals surface area (Å²) in [6.07, 6.45) is 0. The van der Waals surface area contributed by atoms with Gasteiger partial charge < -0.3 is 25.0 Å². The summed E-state index contributed by atoms with van der Waals surface area (Å²) in [7, 11) is 1.60. The number of nitrogens with one attached hydrogen (secondary N) is 2. The number of rotatable bonds is 5. The van der Waals surface area contributed by atoms with Crippen molar-refractivity contribution in [3.05, 3.63) is 52.6 Å². The van der Waals surface area contributed by atoms with E-state index < -0.39 is 0 Å². The molecule has 0 aliphatic carbocycles. The average Bonchev–Trinajstić information content (AvgIpc) is 2.70. The Bertz CT molecular complexity index is 934. The monoisotopic (exact) mass is 411 g/mol. The number of ether oxygens (including phenoxy) is 2. The Morgan fingerprint density at radius 3 is 2.33 bits per heavy atom. The predicted molar refractivity (Wildman–Crippen MR) is 116 cm³/mol. The SMILES string of the molecule is Cc1cc(C)c(NC(=O)CN(C)C(=O)N[C@@H](C)c2ccc3c(c2)OCCO3)c(C)c1. The Balaban J connectivity index is 1.57. The number of anilines is 1. The zero-order valence-electron chi connectivity index (χ0n) is 18.2. The number of hydrogen-bond donors (Lipinski definition) is 2. The Morgan fingerprint density at radius 1 is 1.03 bits per heavy atom. The molecule has 0 radical (unpaired) electrons. The van der Waals surface area contributed by atoms with E-state index in [0.29, 0.717) is 24.7 Å². The van der Waals surface area contributed by atoms with Gasteiger partial charge in [-0.2, -0.15) is 0 Å². The predicted octanol–water partition coefficient (Wildman–Crippen LogP) is 3.72. The highest BCUT2D eigenvalue weighted by Crippen LogP contribution is 2.32. The van der Waals surface area contributed by atoms with Crippen LogP contribution in [0.1, 0.15) is 35.2 Å². The van der Waals surface area contributed by atoms with Crippen molar-refractivity contribution in [1.29, 1.82) is 0 Å². The number of urea groups is 1. The van der Waals surface area contributed by atoms with E-state index >= 15 is 0 Å². The first-order valence-electron chi connectivity index (χ1n) is 10.0. The van der Waals surface area contributed by atoms with Gasteiger partial charge in [-0.25, -0.2) is 4.79 Å². The maximum Gasteiger partial charge on any atom is 0.318 e. The topological polar surface area (TPSA) is 79.9 Å². The highest BCUT2D eigenvalue weighted by molar-refractivity contribution is 5.95. The normalized spacial score (nSPS) is 13.4. The first-order valence-corrected chi connectivity index (χ1v) is 10.0. The molecule has 3 amide bonds. The van der Waals surface area contributed by atoms with E-state index in [2.05, 4.69) is 10.6 Å². The molecule has 3 rings (SSSR count). The second kappa shape index (κ2) is 9.07. The quantitative estimate of drug-likeness (QED) is 0.786. The van der Waals surface area contributed by atoms with Crippen LogP contribution in [0.15, 0.2) is 30.3 Å². The van der Waals surface area contributed by atoms with E-state index in [9.17, 15) is 9.59 Å². The van der Waals surface area contributed by atoms with E-state index in [1.165, 1.54) is 4.90 Å². The number of hydrogen-bond acceptors (Lipinski definition) is 4. The molecule has 0 fully saturated rings. The molecule has 7 heteroatoms. The van der Waals surface area contributed by atoms with Gasteiger partial charge in [0.05, 0.1) is 6.04 Å². The third kappa shape index (κ3) is 5.03. The van der Waals surface area contributed by atoms with Crippen LogP contribution in [0.2, 0.25) is 0 Å². The minimum absolute atomic E-state index is 0.0492. The molecule has 7 nitrogen and oxygen atoms in total. The van der Waals surface area contributed by atoms with Gasteiger partial charge >= 0.3 is 6.03 Å². The second-order valence-electron chi connectivity index (χ2n) is 7.75. The van der Waals surface area contributed by atoms with Crippen molar-refractivity contribution in [3.8, 4) is 11.5 Å². The van der Waals surface area contributed by atoms with Gasteiger partial charge in [-0.3, -0.25) is 4.79 Å². The van der Waals surface area contributed by atoms with Crippen molar-refractivity contribution in [3.63, 3.8) is 0 Å². The van der Waals surface area contributed by atoms with E-state index in [0.717, 1.165) is 27.9 Å². The molecule has 1 heterocycles. The average molecular weight is 412 g/mol. The van der Waals surface area contributed by atoms with Crippen LogP contribution < -0.4 is 20.1 Å². The zero-order valence-corrected chi connectivity index (χ0v) is 18.2. The number of carbonyl (C=O) groups is 2. The van der Waals surface area contributed by atoms with Crippen LogP contribution in [0.3, 0.4) is 0 Å². The van der Waals surface area contributed by atoms with Gasteiger partial charge in [0.2, 0.25) is 5.91 Å². The molecule has 0 saturated carbocycles. The summed E-state index contributed by atoms with van der Waals surface area (Å²) in [4.78, 5) is 26.4. The van der Waals surface area contributed by atoms with Crippen molar-refractivity contribution in [2.24, 2.45) is 0 Å². The number of fused-ring (bicyclic) bond motifs is 1. The first-order chi connectivity index (χ1) is 14.2. The highest BCUT2D eigenvalue weighted by atomic mass is 16.6. The number of benzene rings is 2. The van der Waals surface area contributed by atoms with Crippen LogP contribution >= 0.6 is 0 Å². The van der Waals surface area contributed by atoms with Gasteiger partial charge in [-0.1, -0.05) is 23.8 Å². The minimum Gasteiger partial charge on any atom is -0.486 e. The molecular formula is C23H29N3O4. The maximum absolute atomic E-state index is 12.6. The fraction of sp³-hybridized carbons (Fsp3) is 0.391. The van der Waals surface area contributed by atoms with E-state index in [1.807, 2.05) is 58.0 Å². The Morgan fingerprint density at radius 2 is 1.67 bits per heavy atom. The molecule has 0 saturated heterocycles. The molecule has 30 heavy (non-hydrogen) atoms. The van der Waals surface area contributed by atoms with Gasteiger partial charge in [0.1, 0.15) is 19.8 Å². The summed E-state index contributed by atoms with van der Waals surface area (Å²) in [6, 6.07) is 9.08. The molecule has 1 atom stereocenters. The number of nitrogens with zero attached hydrogens (tertiary/aromatic N) is 1. The van der Waals surface area contributed by atoms with Crippen molar-refractivity contribution < 1.29 is 19.1 Å². The number of aryl methyl sites for hydroxylation is 3. The van der Waals surface area contributed by atoms with Crippen LogP contribution in [0.4, 0.5) is 10.5 Å². The van der Waals surface area contributed by atoms with Crippen molar-refractivity contribution in [2.45, 2.75) is 33.7 Å². The summed E-state index contributed by atoms with van der Waals surface area (Å²) in [5, 5.41) is 5.83. The molecule has 1 aliphatic rings. The second-order valence-corrected chi connectivity index (χ2v) is 7.75. The van der Waals surface area contributed by atoms with Crippen LogP contribution in [0, 0.1) is 20.8 Å². The van der Waals surface area contributed by atoms with E-state index in [-0.39, 0.29) is 24.5 Å². The smallest absolute Gasteiger partial charge is 0.318 e. The first kappa shape index (κ1) is 21.5.